The van der Waals surface area contributed by atoms with Crippen LogP contribution in [0.25, 0.3) is 0 Å². The molecule has 1 aromatic carbocycles. The van der Waals surface area contributed by atoms with Crippen molar-refractivity contribution in [3.8, 4) is 0 Å². The fourth-order valence-electron chi connectivity index (χ4n) is 1.47. The number of nitrogens with zero attached hydrogens (tertiary/aromatic N) is 1. The second-order valence-electron chi connectivity index (χ2n) is 4.09. The van der Waals surface area contributed by atoms with Crippen LogP contribution in [0.5, 0.6) is 0 Å². The monoisotopic (exact) mass is 325 g/mol. The summed E-state index contributed by atoms with van der Waals surface area (Å²) in [5.41, 5.74) is 0. The summed E-state index contributed by atoms with van der Waals surface area (Å²) >= 11 is 0. The molecule has 5 nitrogen and oxygen atoms in total. The van der Waals surface area contributed by atoms with E-state index in [0.717, 1.165) is 18.9 Å². The molecule has 0 saturated heterocycles. The van der Waals surface area contributed by atoms with Gasteiger partial charge >= 0.3 is 0 Å². The van der Waals surface area contributed by atoms with Gasteiger partial charge in [-0.2, -0.15) is 0 Å². The lowest BCUT2D eigenvalue weighted by atomic mass is 10.3. The molecule has 108 valence electrons. The first-order chi connectivity index (χ1) is 8.69. The van der Waals surface area contributed by atoms with E-state index < -0.39 is 19.1 Å². The van der Waals surface area contributed by atoms with Crippen molar-refractivity contribution in [1.29, 1.82) is 0 Å². The number of halogens is 1. The normalized spacial score (nSPS) is 12.8. The van der Waals surface area contributed by atoms with Crippen molar-refractivity contribution in [2.24, 2.45) is 0 Å². The summed E-state index contributed by atoms with van der Waals surface area (Å²) in [5.74, 6) is 0. The van der Waals surface area contributed by atoms with Gasteiger partial charge in [0, 0.05) is 24.3 Å². The maximum Gasteiger partial charge on any atom is 0.261 e. The fourth-order valence-corrected chi connectivity index (χ4v) is 3.59. The first-order valence-electron chi connectivity index (χ1n) is 5.70. The molecule has 8 heteroatoms. The molecule has 1 aromatic rings. The Bertz CT molecular complexity index is 640. The van der Waals surface area contributed by atoms with E-state index in [1.807, 2.05) is 6.92 Å². The molecule has 1 rings (SSSR count). The van der Waals surface area contributed by atoms with Crippen molar-refractivity contribution in [2.75, 3.05) is 13.6 Å². The van der Waals surface area contributed by atoms with Crippen molar-refractivity contribution in [3.63, 3.8) is 0 Å². The first kappa shape index (κ1) is 16.4. The molecule has 0 radical (unpaired) electrons. The summed E-state index contributed by atoms with van der Waals surface area (Å²) in [6.07, 6.45) is 1.61. The van der Waals surface area contributed by atoms with Crippen molar-refractivity contribution in [1.82, 2.24) is 4.31 Å². The van der Waals surface area contributed by atoms with Crippen LogP contribution >= 0.6 is 10.7 Å². The summed E-state index contributed by atoms with van der Waals surface area (Å²) < 4.78 is 48.0. The Morgan fingerprint density at radius 1 is 1.16 bits per heavy atom. The minimum absolute atomic E-state index is 0.0761. The Kier molecular flexibility index (Phi) is 5.37. The van der Waals surface area contributed by atoms with E-state index in [0.29, 0.717) is 6.54 Å². The van der Waals surface area contributed by atoms with Gasteiger partial charge in [-0.15, -0.1) is 0 Å². The molecule has 0 atom stereocenters. The van der Waals surface area contributed by atoms with Gasteiger partial charge in [-0.25, -0.2) is 21.1 Å². The van der Waals surface area contributed by atoms with E-state index in [1.165, 1.54) is 29.6 Å². The van der Waals surface area contributed by atoms with E-state index in [-0.39, 0.29) is 9.79 Å². The zero-order valence-corrected chi connectivity index (χ0v) is 13.1. The molecule has 0 bridgehead atoms. The smallest absolute Gasteiger partial charge is 0.207 e. The lowest BCUT2D eigenvalue weighted by Gasteiger charge is -2.16. The summed E-state index contributed by atoms with van der Waals surface area (Å²) in [4.78, 5) is -0.299. The summed E-state index contributed by atoms with van der Waals surface area (Å²) in [6, 6.07) is 5.03. The maximum absolute atomic E-state index is 12.2. The molecule has 0 heterocycles. The Morgan fingerprint density at radius 2 is 1.74 bits per heavy atom. The van der Waals surface area contributed by atoms with Gasteiger partial charge in [-0.3, -0.25) is 0 Å². The molecule has 0 saturated carbocycles. The van der Waals surface area contributed by atoms with Gasteiger partial charge in [0.1, 0.15) is 0 Å². The van der Waals surface area contributed by atoms with E-state index in [4.69, 9.17) is 10.7 Å². The van der Waals surface area contributed by atoms with Crippen LogP contribution in [0.2, 0.25) is 0 Å². The molecular weight excluding hydrogens is 310 g/mol. The summed E-state index contributed by atoms with van der Waals surface area (Å²) in [6.45, 7) is 2.35. The predicted molar refractivity (Wildman–Crippen MR) is 74.2 cm³/mol. The van der Waals surface area contributed by atoms with E-state index in [2.05, 4.69) is 0 Å². The number of hydrogen-bond acceptors (Lipinski definition) is 4. The third kappa shape index (κ3) is 4.17. The highest BCUT2D eigenvalue weighted by Gasteiger charge is 2.22. The van der Waals surface area contributed by atoms with Crippen molar-refractivity contribution in [2.45, 2.75) is 29.6 Å². The van der Waals surface area contributed by atoms with Crippen molar-refractivity contribution < 1.29 is 16.8 Å². The molecule has 0 spiro atoms. The van der Waals surface area contributed by atoms with Crippen LogP contribution < -0.4 is 0 Å². The van der Waals surface area contributed by atoms with Crippen LogP contribution in [-0.4, -0.2) is 34.7 Å². The minimum Gasteiger partial charge on any atom is -0.207 e. The molecule has 0 aliphatic heterocycles. The highest BCUT2D eigenvalue weighted by atomic mass is 35.7. The third-order valence-corrected chi connectivity index (χ3v) is 5.83. The maximum atomic E-state index is 12.2. The van der Waals surface area contributed by atoms with Gasteiger partial charge < -0.3 is 0 Å². The van der Waals surface area contributed by atoms with Gasteiger partial charge in [-0.1, -0.05) is 19.4 Å². The van der Waals surface area contributed by atoms with Crippen LogP contribution in [0, 0.1) is 0 Å². The number of unbranched alkanes of at least 4 members (excludes halogenated alkanes) is 1. The molecule has 19 heavy (non-hydrogen) atoms. The molecular formula is C11H16ClNO4S2. The van der Waals surface area contributed by atoms with Gasteiger partial charge in [0.05, 0.1) is 9.79 Å². The van der Waals surface area contributed by atoms with Crippen LogP contribution in [0.15, 0.2) is 34.1 Å². The standard InChI is InChI=1S/C11H16ClNO4S2/c1-3-4-8-13(2)19(16,17)11-7-5-6-10(9-11)18(12,14)15/h5-7,9H,3-4,8H2,1-2H3. The Balaban J connectivity index is 3.16. The van der Waals surface area contributed by atoms with Crippen molar-refractivity contribution in [3.05, 3.63) is 24.3 Å². The summed E-state index contributed by atoms with van der Waals surface area (Å²) in [5, 5.41) is 0. The zero-order chi connectivity index (χ0) is 14.7. The number of benzene rings is 1. The summed E-state index contributed by atoms with van der Waals surface area (Å²) in [7, 11) is -0.950. The molecule has 0 aliphatic carbocycles. The van der Waals surface area contributed by atoms with Gasteiger partial charge in [-0.05, 0) is 24.6 Å². The number of hydrogen-bond donors (Lipinski definition) is 0. The van der Waals surface area contributed by atoms with Crippen LogP contribution in [-0.2, 0) is 19.1 Å². The van der Waals surface area contributed by atoms with E-state index >= 15 is 0 Å². The highest BCUT2D eigenvalue weighted by molar-refractivity contribution is 8.13. The Labute approximate surface area is 118 Å². The zero-order valence-electron chi connectivity index (χ0n) is 10.7. The van der Waals surface area contributed by atoms with Gasteiger partial charge in [0.15, 0.2) is 0 Å². The quantitative estimate of drug-likeness (QED) is 0.750. The first-order valence-corrected chi connectivity index (χ1v) is 9.45. The average Bonchev–Trinajstić information content (AvgIpc) is 2.35. The lowest BCUT2D eigenvalue weighted by molar-refractivity contribution is 0.459. The minimum atomic E-state index is -3.94. The lowest BCUT2D eigenvalue weighted by Crippen LogP contribution is -2.28. The second-order valence-corrected chi connectivity index (χ2v) is 8.70. The highest BCUT2D eigenvalue weighted by Crippen LogP contribution is 2.21. The largest absolute Gasteiger partial charge is 0.261 e. The van der Waals surface area contributed by atoms with Crippen molar-refractivity contribution >= 4 is 29.8 Å². The molecule has 0 unspecified atom stereocenters. The second kappa shape index (κ2) is 6.21. The fraction of sp³-hybridized carbons (Fsp3) is 0.455. The Hall–Kier alpha value is -0.630. The molecule has 0 fully saturated rings. The van der Waals surface area contributed by atoms with Gasteiger partial charge in [0.25, 0.3) is 9.05 Å². The third-order valence-electron chi connectivity index (χ3n) is 2.62. The van der Waals surface area contributed by atoms with E-state index in [9.17, 15) is 16.8 Å². The van der Waals surface area contributed by atoms with Crippen LogP contribution in [0.4, 0.5) is 0 Å². The molecule has 0 aromatic heterocycles. The predicted octanol–water partition coefficient (Wildman–Crippen LogP) is 2.03. The molecule has 0 aliphatic rings. The number of rotatable bonds is 6. The van der Waals surface area contributed by atoms with Crippen LogP contribution in [0.3, 0.4) is 0 Å². The SMILES string of the molecule is CCCCN(C)S(=O)(=O)c1cccc(S(=O)(=O)Cl)c1. The molecule has 0 amide bonds. The van der Waals surface area contributed by atoms with Gasteiger partial charge in [0.2, 0.25) is 10.0 Å². The Morgan fingerprint density at radius 3 is 2.26 bits per heavy atom. The molecule has 0 N–H and O–H groups in total. The average molecular weight is 326 g/mol. The topological polar surface area (TPSA) is 71.5 Å². The number of sulfonamides is 1. The van der Waals surface area contributed by atoms with E-state index in [1.54, 1.807) is 0 Å². The van der Waals surface area contributed by atoms with Crippen LogP contribution in [0.1, 0.15) is 19.8 Å².